The van der Waals surface area contributed by atoms with Crippen LogP contribution in [0.25, 0.3) is 0 Å². The van der Waals surface area contributed by atoms with Gasteiger partial charge in [-0.2, -0.15) is 0 Å². The highest BCUT2D eigenvalue weighted by atomic mass is 79.9. The zero-order chi connectivity index (χ0) is 19.9. The van der Waals surface area contributed by atoms with E-state index in [0.717, 1.165) is 15.2 Å². The second kappa shape index (κ2) is 9.80. The smallest absolute Gasteiger partial charge is 0.236 e. The van der Waals surface area contributed by atoms with Gasteiger partial charge in [-0.15, -0.1) is 27.0 Å². The molecular formula is C17H17BrN6O2S2. The molecule has 0 saturated heterocycles. The lowest BCUT2D eigenvalue weighted by atomic mass is 10.3. The highest BCUT2D eigenvalue weighted by molar-refractivity contribution is 9.10. The van der Waals surface area contributed by atoms with Crippen LogP contribution in [0.2, 0.25) is 0 Å². The van der Waals surface area contributed by atoms with Gasteiger partial charge < -0.3 is 4.74 Å². The molecular weight excluding hydrogens is 464 g/mol. The quantitative estimate of drug-likeness (QED) is 0.368. The van der Waals surface area contributed by atoms with Crippen LogP contribution in [-0.4, -0.2) is 36.6 Å². The molecule has 0 atom stereocenters. The number of ether oxygens (including phenoxy) is 1. The monoisotopic (exact) mass is 480 g/mol. The molecule has 28 heavy (non-hydrogen) atoms. The first-order chi connectivity index (χ1) is 13.5. The lowest BCUT2D eigenvalue weighted by Crippen LogP contribution is -2.15. The van der Waals surface area contributed by atoms with E-state index in [4.69, 9.17) is 4.74 Å². The van der Waals surface area contributed by atoms with Gasteiger partial charge in [0.05, 0.1) is 5.75 Å². The molecule has 0 spiro atoms. The zero-order valence-corrected chi connectivity index (χ0v) is 18.2. The largest absolute Gasteiger partial charge is 0.486 e. The van der Waals surface area contributed by atoms with E-state index in [0.29, 0.717) is 22.7 Å². The second-order valence-electron chi connectivity index (χ2n) is 5.50. The molecule has 1 N–H and O–H groups in total. The first-order valence-electron chi connectivity index (χ1n) is 8.19. The van der Waals surface area contributed by atoms with Gasteiger partial charge in [-0.25, -0.2) is 0 Å². The first kappa shape index (κ1) is 20.5. The number of aryl methyl sites for hydroxylation is 1. The standard InChI is InChI=1S/C17H17BrN6O2S2/c1-3-8-24-14(9-26-13-6-4-12(18)5-7-13)21-23-17(24)27-10-15(25)19-16-22-20-11(2)28-16/h3-7H,1,8-10H2,2H3,(H,19,22,25). The van der Waals surface area contributed by atoms with Gasteiger partial charge in [0.1, 0.15) is 17.4 Å². The Hall–Kier alpha value is -2.24. The molecule has 0 aliphatic rings. The number of halogens is 1. The molecule has 3 rings (SSSR count). The van der Waals surface area contributed by atoms with Crippen molar-refractivity contribution < 1.29 is 9.53 Å². The van der Waals surface area contributed by atoms with E-state index in [1.165, 1.54) is 23.1 Å². The molecule has 146 valence electrons. The molecule has 1 aromatic carbocycles. The van der Waals surface area contributed by atoms with Gasteiger partial charge in [-0.1, -0.05) is 45.1 Å². The molecule has 0 unspecified atom stereocenters. The predicted molar refractivity (Wildman–Crippen MR) is 113 cm³/mol. The van der Waals surface area contributed by atoms with Crippen molar-refractivity contribution >= 4 is 50.1 Å². The lowest BCUT2D eigenvalue weighted by Gasteiger charge is -2.09. The van der Waals surface area contributed by atoms with Crippen LogP contribution < -0.4 is 10.1 Å². The maximum Gasteiger partial charge on any atom is 0.236 e. The number of carbonyl (C=O) groups excluding carboxylic acids is 1. The molecule has 0 radical (unpaired) electrons. The Morgan fingerprint density at radius 3 is 2.79 bits per heavy atom. The van der Waals surface area contributed by atoms with E-state index in [1.54, 1.807) is 6.08 Å². The van der Waals surface area contributed by atoms with Gasteiger partial charge in [0.15, 0.2) is 11.0 Å². The Bertz CT molecular complexity index is 957. The fourth-order valence-corrected chi connectivity index (χ4v) is 3.80. The third-order valence-electron chi connectivity index (χ3n) is 3.39. The molecule has 0 aliphatic heterocycles. The summed E-state index contributed by atoms with van der Waals surface area (Å²) in [5, 5.41) is 20.8. The Kier molecular flexibility index (Phi) is 7.18. The number of nitrogens with zero attached hydrogens (tertiary/aromatic N) is 5. The number of anilines is 1. The Morgan fingerprint density at radius 1 is 1.32 bits per heavy atom. The summed E-state index contributed by atoms with van der Waals surface area (Å²) < 4.78 is 8.63. The summed E-state index contributed by atoms with van der Waals surface area (Å²) in [7, 11) is 0. The Balaban J connectivity index is 1.60. The van der Waals surface area contributed by atoms with Crippen molar-refractivity contribution in [3.05, 3.63) is 52.2 Å². The Morgan fingerprint density at radius 2 is 2.11 bits per heavy atom. The normalized spacial score (nSPS) is 10.6. The summed E-state index contributed by atoms with van der Waals surface area (Å²) >= 11 is 6.01. The second-order valence-corrected chi connectivity index (χ2v) is 8.54. The summed E-state index contributed by atoms with van der Waals surface area (Å²) in [4.78, 5) is 12.1. The third-order valence-corrected chi connectivity index (χ3v) is 5.64. The van der Waals surface area contributed by atoms with Crippen molar-refractivity contribution in [3.8, 4) is 5.75 Å². The van der Waals surface area contributed by atoms with Gasteiger partial charge in [0.2, 0.25) is 11.0 Å². The summed E-state index contributed by atoms with van der Waals surface area (Å²) in [6.45, 7) is 6.39. The van der Waals surface area contributed by atoms with Crippen molar-refractivity contribution in [1.29, 1.82) is 0 Å². The van der Waals surface area contributed by atoms with Gasteiger partial charge in [-0.05, 0) is 31.2 Å². The van der Waals surface area contributed by atoms with Crippen molar-refractivity contribution in [3.63, 3.8) is 0 Å². The molecule has 0 bridgehead atoms. The van der Waals surface area contributed by atoms with Crippen molar-refractivity contribution in [2.45, 2.75) is 25.2 Å². The summed E-state index contributed by atoms with van der Waals surface area (Å²) in [5.41, 5.74) is 0. The number of carbonyl (C=O) groups is 1. The summed E-state index contributed by atoms with van der Waals surface area (Å²) in [5.74, 6) is 1.39. The van der Waals surface area contributed by atoms with Crippen LogP contribution in [0.4, 0.5) is 5.13 Å². The molecule has 8 nitrogen and oxygen atoms in total. The zero-order valence-electron chi connectivity index (χ0n) is 15.0. The van der Waals surface area contributed by atoms with E-state index < -0.39 is 0 Å². The minimum atomic E-state index is -0.179. The fourth-order valence-electron chi connectivity index (χ4n) is 2.16. The number of allylic oxidation sites excluding steroid dienone is 1. The number of hydrogen-bond acceptors (Lipinski definition) is 8. The van der Waals surface area contributed by atoms with Crippen LogP contribution in [0.3, 0.4) is 0 Å². The number of aromatic nitrogens is 5. The maximum absolute atomic E-state index is 12.1. The average molecular weight is 481 g/mol. The van der Waals surface area contributed by atoms with Crippen molar-refractivity contribution in [2.75, 3.05) is 11.1 Å². The molecule has 0 fully saturated rings. The van der Waals surface area contributed by atoms with Crippen LogP contribution >= 0.6 is 39.0 Å². The number of rotatable bonds is 9. The van der Waals surface area contributed by atoms with E-state index in [1.807, 2.05) is 35.8 Å². The third kappa shape index (κ3) is 5.63. The van der Waals surface area contributed by atoms with Crippen LogP contribution in [0.1, 0.15) is 10.8 Å². The molecule has 2 aromatic heterocycles. The first-order valence-corrected chi connectivity index (χ1v) is 10.8. The molecule has 0 saturated carbocycles. The molecule has 0 aliphatic carbocycles. The van der Waals surface area contributed by atoms with E-state index in [2.05, 4.69) is 48.2 Å². The maximum atomic E-state index is 12.1. The van der Waals surface area contributed by atoms with Crippen molar-refractivity contribution in [1.82, 2.24) is 25.0 Å². The number of nitrogens with one attached hydrogen (secondary N) is 1. The fraction of sp³-hybridized carbons (Fsp3) is 0.235. The van der Waals surface area contributed by atoms with Crippen LogP contribution in [0, 0.1) is 6.92 Å². The highest BCUT2D eigenvalue weighted by Crippen LogP contribution is 2.21. The van der Waals surface area contributed by atoms with Crippen LogP contribution in [-0.2, 0) is 17.9 Å². The van der Waals surface area contributed by atoms with E-state index >= 15 is 0 Å². The molecule has 1 amide bonds. The van der Waals surface area contributed by atoms with Gasteiger partial charge in [0, 0.05) is 11.0 Å². The van der Waals surface area contributed by atoms with Gasteiger partial charge in [-0.3, -0.25) is 14.7 Å². The van der Waals surface area contributed by atoms with Crippen LogP contribution in [0.15, 0.2) is 46.5 Å². The van der Waals surface area contributed by atoms with Gasteiger partial charge >= 0.3 is 0 Å². The highest BCUT2D eigenvalue weighted by Gasteiger charge is 2.15. The number of thioether (sulfide) groups is 1. The van der Waals surface area contributed by atoms with Gasteiger partial charge in [0.25, 0.3) is 0 Å². The minimum Gasteiger partial charge on any atom is -0.486 e. The van der Waals surface area contributed by atoms with E-state index in [9.17, 15) is 4.79 Å². The molecule has 11 heteroatoms. The number of amides is 1. The number of benzene rings is 1. The molecule has 2 heterocycles. The summed E-state index contributed by atoms with van der Waals surface area (Å²) in [6, 6.07) is 7.55. The van der Waals surface area contributed by atoms with E-state index in [-0.39, 0.29) is 18.3 Å². The number of hydrogen-bond donors (Lipinski definition) is 1. The minimum absolute atomic E-state index is 0.179. The van der Waals surface area contributed by atoms with Crippen molar-refractivity contribution in [2.24, 2.45) is 0 Å². The Labute approximate surface area is 178 Å². The average Bonchev–Trinajstić information content (AvgIpc) is 3.26. The van der Waals surface area contributed by atoms with Crippen LogP contribution in [0.5, 0.6) is 5.75 Å². The predicted octanol–water partition coefficient (Wildman–Crippen LogP) is 3.70. The SMILES string of the molecule is C=CCn1c(COc2ccc(Br)cc2)nnc1SCC(=O)Nc1nnc(C)s1. The lowest BCUT2D eigenvalue weighted by molar-refractivity contribution is -0.113. The molecule has 3 aromatic rings. The topological polar surface area (TPSA) is 94.8 Å². The summed E-state index contributed by atoms with van der Waals surface area (Å²) in [6.07, 6.45) is 1.75.